The van der Waals surface area contributed by atoms with Gasteiger partial charge in [0.15, 0.2) is 10.9 Å². The maximum absolute atomic E-state index is 14.0. The van der Waals surface area contributed by atoms with Crippen LogP contribution >= 0.6 is 11.3 Å². The molecule has 1 aliphatic heterocycles. The van der Waals surface area contributed by atoms with E-state index >= 15 is 0 Å². The Bertz CT molecular complexity index is 1810. The number of rotatable bonds is 6. The van der Waals surface area contributed by atoms with Gasteiger partial charge in [0.1, 0.15) is 17.3 Å². The quantitative estimate of drug-likeness (QED) is 0.291. The molecule has 6 rings (SSSR count). The molecule has 0 atom stereocenters. The minimum absolute atomic E-state index is 0.0127. The third-order valence-corrected chi connectivity index (χ3v) is 7.38. The van der Waals surface area contributed by atoms with Crippen LogP contribution in [0.2, 0.25) is 0 Å². The molecule has 1 amide bonds. The normalized spacial score (nSPS) is 12.4. The summed E-state index contributed by atoms with van der Waals surface area (Å²) < 4.78 is 48.4. The molecule has 2 N–H and O–H groups in total. The maximum atomic E-state index is 14.0. The van der Waals surface area contributed by atoms with E-state index in [2.05, 4.69) is 25.6 Å². The number of alkyl halides is 2. The van der Waals surface area contributed by atoms with Gasteiger partial charge in [-0.05, 0) is 48.4 Å². The Hall–Kier alpha value is -4.78. The number of thiazole rings is 1. The number of carbonyl (C=O) groups is 1. The highest BCUT2D eigenvalue weighted by atomic mass is 32.1. The van der Waals surface area contributed by atoms with Crippen molar-refractivity contribution in [1.29, 1.82) is 0 Å². The summed E-state index contributed by atoms with van der Waals surface area (Å²) in [5, 5.41) is 6.40. The monoisotopic (exact) mass is 564 g/mol. The van der Waals surface area contributed by atoms with Crippen LogP contribution in [-0.4, -0.2) is 39.1 Å². The lowest BCUT2D eigenvalue weighted by molar-refractivity contribution is 0.102. The second-order valence-corrected chi connectivity index (χ2v) is 9.89. The Morgan fingerprint density at radius 2 is 2.02 bits per heavy atom. The van der Waals surface area contributed by atoms with Crippen molar-refractivity contribution in [3.63, 3.8) is 0 Å². The molecule has 40 heavy (non-hydrogen) atoms. The van der Waals surface area contributed by atoms with E-state index < -0.39 is 29.4 Å². The molecule has 0 radical (unpaired) electrons. The summed E-state index contributed by atoms with van der Waals surface area (Å²) in [6.07, 6.45) is 1.60. The zero-order valence-electron chi connectivity index (χ0n) is 20.7. The number of fused-ring (bicyclic) bond motifs is 2. The van der Waals surface area contributed by atoms with E-state index in [1.165, 1.54) is 43.0 Å². The Morgan fingerprint density at radius 1 is 1.18 bits per heavy atom. The third kappa shape index (κ3) is 4.53. The number of aromatic nitrogens is 4. The fraction of sp³-hybridized carbons (Fsp3) is 0.148. The first-order chi connectivity index (χ1) is 19.3. The lowest BCUT2D eigenvalue weighted by Gasteiger charge is -2.15. The number of methoxy groups -OCH3 is 1. The van der Waals surface area contributed by atoms with E-state index in [4.69, 9.17) is 4.74 Å². The van der Waals surface area contributed by atoms with Crippen LogP contribution in [0.25, 0.3) is 27.2 Å². The molecule has 1 aromatic carbocycles. The first kappa shape index (κ1) is 25.5. The summed E-state index contributed by atoms with van der Waals surface area (Å²) in [6, 6.07) is 8.71. The number of benzene rings is 1. The van der Waals surface area contributed by atoms with Crippen molar-refractivity contribution in [1.82, 2.24) is 19.5 Å². The number of hydrogen-bond acceptors (Lipinski definition) is 8. The third-order valence-electron chi connectivity index (χ3n) is 6.45. The summed E-state index contributed by atoms with van der Waals surface area (Å²) in [6.45, 7) is 0.857. The van der Waals surface area contributed by atoms with Crippen LogP contribution in [-0.2, 0) is 6.42 Å². The van der Waals surface area contributed by atoms with Gasteiger partial charge in [0.05, 0.1) is 29.1 Å². The smallest absolute Gasteiger partial charge is 0.292 e. The first-order valence-corrected chi connectivity index (χ1v) is 12.8. The van der Waals surface area contributed by atoms with Crippen molar-refractivity contribution in [2.45, 2.75) is 12.8 Å². The van der Waals surface area contributed by atoms with E-state index in [-0.39, 0.29) is 28.3 Å². The van der Waals surface area contributed by atoms with Crippen LogP contribution in [0.5, 0.6) is 5.75 Å². The standard InChI is InChI=1S/C27H19F3N6O3S/c1-39-21-12-32-20(24(29)30)8-15(21)14-9-23(36-6-2-3-17(28)26(36)38)33-11-16(14)25(37)35-27-34-19-7-13-4-5-31-18(13)10-22(19)40-27/h2-3,6-12,24,31H,4-5H2,1H3,(H,34,35,37). The van der Waals surface area contributed by atoms with Gasteiger partial charge >= 0.3 is 0 Å². The van der Waals surface area contributed by atoms with Gasteiger partial charge in [-0.1, -0.05) is 11.3 Å². The highest BCUT2D eigenvalue weighted by molar-refractivity contribution is 7.22. The van der Waals surface area contributed by atoms with Crippen molar-refractivity contribution >= 4 is 38.3 Å². The van der Waals surface area contributed by atoms with Crippen molar-refractivity contribution in [2.24, 2.45) is 0 Å². The number of pyridine rings is 3. The van der Waals surface area contributed by atoms with Crippen molar-refractivity contribution in [3.8, 4) is 22.7 Å². The zero-order chi connectivity index (χ0) is 28.0. The van der Waals surface area contributed by atoms with Gasteiger partial charge in [-0.25, -0.2) is 23.1 Å². The molecular weight excluding hydrogens is 545 g/mol. The minimum Gasteiger partial charge on any atom is -0.494 e. The predicted octanol–water partition coefficient (Wildman–Crippen LogP) is 5.21. The molecule has 13 heteroatoms. The molecule has 1 aliphatic rings. The predicted molar refractivity (Wildman–Crippen MR) is 144 cm³/mol. The van der Waals surface area contributed by atoms with Crippen LogP contribution in [0, 0.1) is 5.82 Å². The van der Waals surface area contributed by atoms with Gasteiger partial charge in [-0.15, -0.1) is 0 Å². The average molecular weight is 565 g/mol. The summed E-state index contributed by atoms with van der Waals surface area (Å²) in [7, 11) is 1.33. The highest BCUT2D eigenvalue weighted by Crippen LogP contribution is 2.37. The van der Waals surface area contributed by atoms with Crippen LogP contribution in [0.1, 0.15) is 28.0 Å². The second kappa shape index (κ2) is 10.1. The minimum atomic E-state index is -2.90. The van der Waals surface area contributed by atoms with E-state index in [1.807, 2.05) is 12.1 Å². The largest absolute Gasteiger partial charge is 0.494 e. The molecule has 9 nitrogen and oxygen atoms in total. The van der Waals surface area contributed by atoms with Crippen molar-refractivity contribution in [2.75, 3.05) is 24.3 Å². The Labute approximate surface area is 228 Å². The van der Waals surface area contributed by atoms with Gasteiger partial charge < -0.3 is 10.1 Å². The van der Waals surface area contributed by atoms with Crippen LogP contribution < -0.4 is 20.9 Å². The molecule has 5 aromatic rings. The Balaban J connectivity index is 1.46. The van der Waals surface area contributed by atoms with Crippen molar-refractivity contribution < 1.29 is 22.7 Å². The fourth-order valence-electron chi connectivity index (χ4n) is 4.52. The molecule has 0 saturated heterocycles. The topological polar surface area (TPSA) is 111 Å². The lowest BCUT2D eigenvalue weighted by Crippen LogP contribution is -2.22. The molecule has 0 saturated carbocycles. The lowest BCUT2D eigenvalue weighted by atomic mass is 10.00. The van der Waals surface area contributed by atoms with E-state index in [9.17, 15) is 22.8 Å². The van der Waals surface area contributed by atoms with Gasteiger partial charge in [-0.3, -0.25) is 24.5 Å². The number of nitrogens with one attached hydrogen (secondary N) is 2. The van der Waals surface area contributed by atoms with E-state index in [1.54, 1.807) is 0 Å². The summed E-state index contributed by atoms with van der Waals surface area (Å²) in [5.41, 5.74) is 1.61. The maximum Gasteiger partial charge on any atom is 0.292 e. The second-order valence-electron chi connectivity index (χ2n) is 8.86. The number of hydrogen-bond donors (Lipinski definition) is 2. The Morgan fingerprint density at radius 3 is 2.83 bits per heavy atom. The van der Waals surface area contributed by atoms with Crippen LogP contribution in [0.15, 0.2) is 59.8 Å². The van der Waals surface area contributed by atoms with Crippen molar-refractivity contribution in [3.05, 3.63) is 88.0 Å². The summed E-state index contributed by atoms with van der Waals surface area (Å²) >= 11 is 1.28. The molecule has 0 spiro atoms. The first-order valence-electron chi connectivity index (χ1n) is 12.0. The molecule has 0 aliphatic carbocycles. The Kier molecular flexibility index (Phi) is 6.42. The number of ether oxygens (including phenoxy) is 1. The molecular formula is C27H19F3N6O3S. The SMILES string of the molecule is COc1cnc(C(F)F)cc1-c1cc(-n2cccc(F)c2=O)ncc1C(=O)Nc1nc2cc3c(cc2s1)NCC3. The van der Waals surface area contributed by atoms with Crippen LogP contribution in [0.4, 0.5) is 24.0 Å². The molecule has 5 heterocycles. The van der Waals surface area contributed by atoms with Gasteiger partial charge in [0, 0.05) is 35.8 Å². The number of halogens is 3. The van der Waals surface area contributed by atoms with E-state index in [0.29, 0.717) is 5.13 Å². The number of anilines is 2. The zero-order valence-corrected chi connectivity index (χ0v) is 21.6. The molecule has 4 aromatic heterocycles. The average Bonchev–Trinajstić information content (AvgIpc) is 3.57. The molecule has 0 unspecified atom stereocenters. The molecule has 0 bridgehead atoms. The van der Waals surface area contributed by atoms with E-state index in [0.717, 1.165) is 57.3 Å². The van der Waals surface area contributed by atoms with Gasteiger partial charge in [-0.2, -0.15) is 0 Å². The highest BCUT2D eigenvalue weighted by Gasteiger charge is 2.23. The number of carbonyl (C=O) groups excluding carboxylic acids is 1. The fourth-order valence-corrected chi connectivity index (χ4v) is 5.40. The summed E-state index contributed by atoms with van der Waals surface area (Å²) in [5.74, 6) is -1.56. The van der Waals surface area contributed by atoms with Crippen LogP contribution in [0.3, 0.4) is 0 Å². The van der Waals surface area contributed by atoms with Gasteiger partial charge in [0.25, 0.3) is 17.9 Å². The van der Waals surface area contributed by atoms with Gasteiger partial charge in [0.2, 0.25) is 0 Å². The number of nitrogens with zero attached hydrogens (tertiary/aromatic N) is 4. The molecule has 0 fully saturated rings. The number of amides is 1. The molecule has 202 valence electrons. The summed E-state index contributed by atoms with van der Waals surface area (Å²) in [4.78, 5) is 38.4.